The molecule has 2 fully saturated rings. The van der Waals surface area contributed by atoms with E-state index in [9.17, 15) is 4.79 Å². The van der Waals surface area contributed by atoms with E-state index in [0.717, 1.165) is 38.0 Å². The summed E-state index contributed by atoms with van der Waals surface area (Å²) < 4.78 is 11.7. The number of aryl methyl sites for hydroxylation is 1. The van der Waals surface area contributed by atoms with Gasteiger partial charge < -0.3 is 14.4 Å². The third-order valence-corrected chi connectivity index (χ3v) is 4.91. The summed E-state index contributed by atoms with van der Waals surface area (Å²) in [6.07, 6.45) is 6.94. The Morgan fingerprint density at radius 2 is 2.23 bits per heavy atom. The molecule has 0 aliphatic carbocycles. The highest BCUT2D eigenvalue weighted by atomic mass is 16.5. The van der Waals surface area contributed by atoms with E-state index in [1.807, 2.05) is 11.8 Å². The van der Waals surface area contributed by atoms with E-state index >= 15 is 0 Å². The van der Waals surface area contributed by atoms with Gasteiger partial charge in [0, 0.05) is 33.0 Å². The lowest BCUT2D eigenvalue weighted by molar-refractivity contribution is -0.183. The van der Waals surface area contributed by atoms with Gasteiger partial charge in [0.05, 0.1) is 23.0 Å². The monoisotopic (exact) mass is 305 g/mol. The van der Waals surface area contributed by atoms with Crippen LogP contribution >= 0.6 is 0 Å². The molecule has 3 rings (SSSR count). The first-order valence-corrected chi connectivity index (χ1v) is 7.89. The fourth-order valence-corrected chi connectivity index (χ4v) is 3.56. The van der Waals surface area contributed by atoms with Crippen LogP contribution in [0.4, 0.5) is 0 Å². The number of ether oxygens (including phenoxy) is 2. The predicted molar refractivity (Wildman–Crippen MR) is 80.6 cm³/mol. The van der Waals surface area contributed by atoms with E-state index in [0.29, 0.717) is 18.7 Å². The fourth-order valence-electron chi connectivity index (χ4n) is 3.56. The van der Waals surface area contributed by atoms with Crippen molar-refractivity contribution in [3.63, 3.8) is 0 Å². The molecule has 120 valence electrons. The molecule has 6 nitrogen and oxygen atoms in total. The number of piperidine rings is 1. The minimum atomic E-state index is -0.216. The van der Waals surface area contributed by atoms with Gasteiger partial charge in [-0.15, -0.1) is 0 Å². The zero-order valence-corrected chi connectivity index (χ0v) is 13.2. The number of likely N-dealkylation sites (tertiary alicyclic amines) is 1. The smallest absolute Gasteiger partial charge is 0.257 e. The van der Waals surface area contributed by atoms with Gasteiger partial charge in [-0.2, -0.15) is 0 Å². The molecule has 0 bridgehead atoms. The van der Waals surface area contributed by atoms with Crippen molar-refractivity contribution in [1.82, 2.24) is 14.9 Å². The molecule has 0 radical (unpaired) electrons. The average Bonchev–Trinajstić information content (AvgIpc) is 2.56. The van der Waals surface area contributed by atoms with E-state index in [1.165, 1.54) is 6.33 Å². The van der Waals surface area contributed by atoms with Crippen LogP contribution in [0.2, 0.25) is 0 Å². The van der Waals surface area contributed by atoms with Crippen LogP contribution in [0.1, 0.15) is 41.7 Å². The second-order valence-electron chi connectivity index (χ2n) is 6.09. The maximum absolute atomic E-state index is 12.6. The SMILES string of the molecule is CO[C@@H]1CCCOC12CCN(C(=O)c1cncnc1C)CC2. The van der Waals surface area contributed by atoms with Gasteiger partial charge in [-0.3, -0.25) is 4.79 Å². The summed E-state index contributed by atoms with van der Waals surface area (Å²) in [7, 11) is 1.75. The van der Waals surface area contributed by atoms with Crippen molar-refractivity contribution < 1.29 is 14.3 Å². The van der Waals surface area contributed by atoms with E-state index in [4.69, 9.17) is 9.47 Å². The number of rotatable bonds is 2. The Morgan fingerprint density at radius 3 is 2.91 bits per heavy atom. The highest BCUT2D eigenvalue weighted by molar-refractivity contribution is 5.94. The topological polar surface area (TPSA) is 64.6 Å². The number of carbonyl (C=O) groups is 1. The molecule has 3 heterocycles. The van der Waals surface area contributed by atoms with Crippen LogP contribution < -0.4 is 0 Å². The van der Waals surface area contributed by atoms with Gasteiger partial charge in [0.25, 0.3) is 5.91 Å². The summed E-state index contributed by atoms with van der Waals surface area (Å²) in [5.41, 5.74) is 1.10. The Hall–Kier alpha value is -1.53. The van der Waals surface area contributed by atoms with E-state index in [-0.39, 0.29) is 17.6 Å². The van der Waals surface area contributed by atoms with Crippen molar-refractivity contribution in [1.29, 1.82) is 0 Å². The highest BCUT2D eigenvalue weighted by Crippen LogP contribution is 2.37. The summed E-state index contributed by atoms with van der Waals surface area (Å²) in [6, 6.07) is 0. The molecule has 0 N–H and O–H groups in total. The van der Waals surface area contributed by atoms with Crippen LogP contribution in [0.3, 0.4) is 0 Å². The molecule has 0 unspecified atom stereocenters. The number of hydrogen-bond donors (Lipinski definition) is 0. The van der Waals surface area contributed by atoms with E-state index in [2.05, 4.69) is 9.97 Å². The number of methoxy groups -OCH3 is 1. The van der Waals surface area contributed by atoms with Crippen molar-refractivity contribution in [3.05, 3.63) is 23.8 Å². The molecule has 2 saturated heterocycles. The van der Waals surface area contributed by atoms with Crippen molar-refractivity contribution in [2.24, 2.45) is 0 Å². The molecule has 1 amide bonds. The summed E-state index contributed by atoms with van der Waals surface area (Å²) in [6.45, 7) is 4.01. The standard InChI is InChI=1S/C16H23N3O3/c1-12-13(10-17-11-18-12)15(20)19-7-5-16(6-8-19)14(21-2)4-3-9-22-16/h10-11,14H,3-9H2,1-2H3/t14-/m1/s1. The lowest BCUT2D eigenvalue weighted by atomic mass is 9.81. The fraction of sp³-hybridized carbons (Fsp3) is 0.688. The Labute approximate surface area is 130 Å². The Morgan fingerprint density at radius 1 is 1.45 bits per heavy atom. The normalized spacial score (nSPS) is 24.5. The molecular weight excluding hydrogens is 282 g/mol. The molecule has 22 heavy (non-hydrogen) atoms. The maximum Gasteiger partial charge on any atom is 0.257 e. The number of carbonyl (C=O) groups excluding carboxylic acids is 1. The van der Waals surface area contributed by atoms with Crippen LogP contribution in [-0.2, 0) is 9.47 Å². The summed E-state index contributed by atoms with van der Waals surface area (Å²) in [5, 5.41) is 0. The lowest BCUT2D eigenvalue weighted by Crippen LogP contribution is -2.56. The van der Waals surface area contributed by atoms with Crippen molar-refractivity contribution in [3.8, 4) is 0 Å². The number of nitrogens with zero attached hydrogens (tertiary/aromatic N) is 3. The Kier molecular flexibility index (Phi) is 4.40. The molecule has 0 saturated carbocycles. The minimum absolute atomic E-state index is 0.0118. The zero-order chi connectivity index (χ0) is 15.6. The van der Waals surface area contributed by atoms with Gasteiger partial charge in [0.2, 0.25) is 0 Å². The first kappa shape index (κ1) is 15.4. The molecular formula is C16H23N3O3. The molecule has 2 aliphatic rings. The van der Waals surface area contributed by atoms with Gasteiger partial charge in [0.15, 0.2) is 0 Å². The summed E-state index contributed by atoms with van der Waals surface area (Å²) in [4.78, 5) is 22.6. The van der Waals surface area contributed by atoms with Gasteiger partial charge >= 0.3 is 0 Å². The third kappa shape index (κ3) is 2.73. The molecule has 1 atom stereocenters. The lowest BCUT2D eigenvalue weighted by Gasteiger charge is -2.48. The first-order valence-electron chi connectivity index (χ1n) is 7.89. The molecule has 0 aromatic carbocycles. The van der Waals surface area contributed by atoms with Crippen LogP contribution in [0.25, 0.3) is 0 Å². The molecule has 2 aliphatic heterocycles. The summed E-state index contributed by atoms with van der Waals surface area (Å²) >= 11 is 0. The molecule has 6 heteroatoms. The van der Waals surface area contributed by atoms with Crippen LogP contribution in [0, 0.1) is 6.92 Å². The third-order valence-electron chi connectivity index (χ3n) is 4.91. The Balaban J connectivity index is 1.69. The van der Waals surface area contributed by atoms with Gasteiger partial charge in [0.1, 0.15) is 6.33 Å². The highest BCUT2D eigenvalue weighted by Gasteiger charge is 2.45. The van der Waals surface area contributed by atoms with Crippen molar-refractivity contribution in [2.75, 3.05) is 26.8 Å². The average molecular weight is 305 g/mol. The largest absolute Gasteiger partial charge is 0.378 e. The van der Waals surface area contributed by atoms with Gasteiger partial charge in [-0.05, 0) is 32.6 Å². The maximum atomic E-state index is 12.6. The number of amides is 1. The van der Waals surface area contributed by atoms with Crippen LogP contribution in [-0.4, -0.2) is 59.3 Å². The number of hydrogen-bond acceptors (Lipinski definition) is 5. The van der Waals surface area contributed by atoms with Crippen LogP contribution in [0.15, 0.2) is 12.5 Å². The predicted octanol–water partition coefficient (Wildman–Crippen LogP) is 1.59. The van der Waals surface area contributed by atoms with Crippen LogP contribution in [0.5, 0.6) is 0 Å². The van der Waals surface area contributed by atoms with E-state index < -0.39 is 0 Å². The Bertz CT molecular complexity index is 541. The molecule has 1 aromatic rings. The van der Waals surface area contributed by atoms with Gasteiger partial charge in [-0.25, -0.2) is 9.97 Å². The van der Waals surface area contributed by atoms with Crippen molar-refractivity contribution >= 4 is 5.91 Å². The second kappa shape index (κ2) is 6.30. The van der Waals surface area contributed by atoms with Gasteiger partial charge in [-0.1, -0.05) is 0 Å². The summed E-state index contributed by atoms with van der Waals surface area (Å²) in [5.74, 6) is 0.0118. The molecule has 1 spiro atoms. The zero-order valence-electron chi connectivity index (χ0n) is 13.2. The quantitative estimate of drug-likeness (QED) is 0.830. The van der Waals surface area contributed by atoms with E-state index in [1.54, 1.807) is 13.3 Å². The minimum Gasteiger partial charge on any atom is -0.378 e. The number of aromatic nitrogens is 2. The second-order valence-corrected chi connectivity index (χ2v) is 6.09. The molecule has 1 aromatic heterocycles. The van der Waals surface area contributed by atoms with Crippen molar-refractivity contribution in [2.45, 2.75) is 44.3 Å². The first-order chi connectivity index (χ1) is 10.7.